The maximum atomic E-state index is 12.6. The van der Waals surface area contributed by atoms with Crippen LogP contribution in [0.2, 0.25) is 0 Å². The maximum absolute atomic E-state index is 12.6. The number of carbonyl (C=O) groups excluding carboxylic acids is 1. The smallest absolute Gasteiger partial charge is 0.220 e. The molecule has 0 aliphatic rings. The Labute approximate surface area is 289 Å². The third-order valence-electron chi connectivity index (χ3n) is 9.06. The third kappa shape index (κ3) is 36.9. The molecule has 0 spiro atoms. The highest BCUT2D eigenvalue weighted by atomic mass is 16.1. The molecule has 0 radical (unpaired) electrons. The number of carbonyl (C=O) groups is 1. The van der Waals surface area contributed by atoms with Crippen LogP contribution >= 0.6 is 0 Å². The average Bonchev–Trinajstić information content (AvgIpc) is 3.04. The Morgan fingerprint density at radius 1 is 0.457 bits per heavy atom. The summed E-state index contributed by atoms with van der Waals surface area (Å²) in [7, 11) is 0. The quantitative estimate of drug-likeness (QED) is 0.0542. The summed E-state index contributed by atoms with van der Waals surface area (Å²) >= 11 is 0. The van der Waals surface area contributed by atoms with Crippen LogP contribution < -0.4 is 5.32 Å². The van der Waals surface area contributed by atoms with E-state index in [2.05, 4.69) is 81.6 Å². The van der Waals surface area contributed by atoms with Gasteiger partial charge >= 0.3 is 0 Å². The van der Waals surface area contributed by atoms with Gasteiger partial charge in [-0.05, 0) is 89.4 Å². The van der Waals surface area contributed by atoms with Gasteiger partial charge in [0.2, 0.25) is 5.91 Å². The summed E-state index contributed by atoms with van der Waals surface area (Å²) in [6.45, 7) is 9.03. The van der Waals surface area contributed by atoms with Gasteiger partial charge < -0.3 is 5.32 Å². The van der Waals surface area contributed by atoms with Crippen molar-refractivity contribution < 1.29 is 4.79 Å². The van der Waals surface area contributed by atoms with Crippen LogP contribution in [0.25, 0.3) is 0 Å². The van der Waals surface area contributed by atoms with Gasteiger partial charge in [0, 0.05) is 12.5 Å². The Morgan fingerprint density at radius 2 is 0.826 bits per heavy atom. The molecule has 0 aromatic rings. The van der Waals surface area contributed by atoms with Gasteiger partial charge in [0.1, 0.15) is 0 Å². The van der Waals surface area contributed by atoms with Gasteiger partial charge in [-0.3, -0.25) is 4.79 Å². The number of nitrogens with one attached hydrogen (secondary N) is 1. The summed E-state index contributed by atoms with van der Waals surface area (Å²) < 4.78 is 0. The van der Waals surface area contributed by atoms with E-state index in [1.165, 1.54) is 141 Å². The van der Waals surface area contributed by atoms with Crippen molar-refractivity contribution in [3.05, 3.63) is 48.6 Å². The van der Waals surface area contributed by atoms with E-state index in [4.69, 9.17) is 0 Å². The molecule has 0 unspecified atom stereocenters. The molecular formula is C44H81NO. The highest BCUT2D eigenvalue weighted by molar-refractivity contribution is 5.76. The zero-order valence-electron chi connectivity index (χ0n) is 31.7. The van der Waals surface area contributed by atoms with Gasteiger partial charge in [0.25, 0.3) is 0 Å². The summed E-state index contributed by atoms with van der Waals surface area (Å²) in [5, 5.41) is 3.43. The summed E-state index contributed by atoms with van der Waals surface area (Å²) in [5.74, 6) is 0.964. The first-order valence-corrected chi connectivity index (χ1v) is 20.5. The standard InChI is InChI=1S/C44H81NO/c1-5-7-9-11-13-15-17-19-21-23-25-27-29-31-33-35-39-43(45-44(46)41-37-38-42(3)4)40-36-34-32-30-28-26-24-22-20-18-16-14-12-10-8-6-2/h13-16,19-22,42-43H,5-12,17-18,23-41H2,1-4H3,(H,45,46)/b15-13-,16-14-,21-19-,22-20-. The van der Waals surface area contributed by atoms with E-state index < -0.39 is 0 Å². The first-order valence-electron chi connectivity index (χ1n) is 20.5. The highest BCUT2D eigenvalue weighted by Crippen LogP contribution is 2.16. The topological polar surface area (TPSA) is 29.1 Å². The molecule has 0 aliphatic carbocycles. The van der Waals surface area contributed by atoms with Gasteiger partial charge in [0.05, 0.1) is 0 Å². The van der Waals surface area contributed by atoms with E-state index in [0.29, 0.717) is 18.4 Å². The second-order valence-corrected chi connectivity index (χ2v) is 14.3. The van der Waals surface area contributed by atoms with E-state index in [0.717, 1.165) is 38.5 Å². The fourth-order valence-electron chi connectivity index (χ4n) is 6.02. The van der Waals surface area contributed by atoms with E-state index in [1.54, 1.807) is 0 Å². The van der Waals surface area contributed by atoms with Crippen LogP contribution in [0.3, 0.4) is 0 Å². The van der Waals surface area contributed by atoms with Gasteiger partial charge in [0.15, 0.2) is 0 Å². The SMILES string of the molecule is CCCCC/C=C\C/C=C\CCCCCCCCC(CCCCCCCC/C=C\C/C=C\CCCCC)NC(=O)CCCC(C)C. The number of allylic oxidation sites excluding steroid dienone is 8. The van der Waals surface area contributed by atoms with Crippen LogP contribution in [0, 0.1) is 5.92 Å². The molecule has 1 amide bonds. The summed E-state index contributed by atoms with van der Waals surface area (Å²) in [4.78, 5) is 12.6. The molecular weight excluding hydrogens is 558 g/mol. The first kappa shape index (κ1) is 44.4. The molecule has 0 rings (SSSR count). The molecule has 2 nitrogen and oxygen atoms in total. The molecule has 0 saturated heterocycles. The van der Waals surface area contributed by atoms with Crippen molar-refractivity contribution in [2.45, 2.75) is 220 Å². The van der Waals surface area contributed by atoms with E-state index >= 15 is 0 Å². The lowest BCUT2D eigenvalue weighted by atomic mass is 9.99. The second kappa shape index (κ2) is 37.9. The largest absolute Gasteiger partial charge is 0.353 e. The van der Waals surface area contributed by atoms with Crippen molar-refractivity contribution in [3.63, 3.8) is 0 Å². The molecule has 0 aromatic carbocycles. The third-order valence-corrected chi connectivity index (χ3v) is 9.06. The molecule has 2 heteroatoms. The minimum absolute atomic E-state index is 0.283. The van der Waals surface area contributed by atoms with Crippen molar-refractivity contribution in [1.82, 2.24) is 5.32 Å². The van der Waals surface area contributed by atoms with E-state index in [1.807, 2.05) is 0 Å². The molecule has 0 fully saturated rings. The van der Waals surface area contributed by atoms with Crippen molar-refractivity contribution >= 4 is 5.91 Å². The highest BCUT2D eigenvalue weighted by Gasteiger charge is 2.12. The number of hydrogen-bond acceptors (Lipinski definition) is 1. The van der Waals surface area contributed by atoms with Crippen molar-refractivity contribution in [2.75, 3.05) is 0 Å². The van der Waals surface area contributed by atoms with E-state index in [9.17, 15) is 4.79 Å². The lowest BCUT2D eigenvalue weighted by Gasteiger charge is -2.19. The van der Waals surface area contributed by atoms with E-state index in [-0.39, 0.29) is 5.91 Å². The minimum atomic E-state index is 0.283. The summed E-state index contributed by atoms with van der Waals surface area (Å²) in [5.41, 5.74) is 0. The molecule has 0 aliphatic heterocycles. The summed E-state index contributed by atoms with van der Waals surface area (Å²) in [6.07, 6.45) is 54.9. The Bertz CT molecular complexity index is 682. The molecule has 268 valence electrons. The lowest BCUT2D eigenvalue weighted by molar-refractivity contribution is -0.122. The number of rotatable bonds is 35. The fourth-order valence-corrected chi connectivity index (χ4v) is 6.02. The zero-order valence-corrected chi connectivity index (χ0v) is 31.7. The van der Waals surface area contributed by atoms with Gasteiger partial charge in [-0.1, -0.05) is 173 Å². The Balaban J connectivity index is 4.01. The van der Waals surface area contributed by atoms with Gasteiger partial charge in [-0.25, -0.2) is 0 Å². The number of unbranched alkanes of at least 4 members (excludes halogenated alkanes) is 18. The molecule has 0 atom stereocenters. The molecule has 0 aromatic heterocycles. The molecule has 0 heterocycles. The molecule has 0 saturated carbocycles. The molecule has 1 N–H and O–H groups in total. The van der Waals surface area contributed by atoms with Crippen molar-refractivity contribution in [3.8, 4) is 0 Å². The average molecular weight is 640 g/mol. The minimum Gasteiger partial charge on any atom is -0.353 e. The first-order chi connectivity index (χ1) is 22.6. The number of amides is 1. The van der Waals surface area contributed by atoms with Crippen LogP contribution in [-0.4, -0.2) is 11.9 Å². The maximum Gasteiger partial charge on any atom is 0.220 e. The Hall–Kier alpha value is -1.57. The van der Waals surface area contributed by atoms with Crippen molar-refractivity contribution in [2.24, 2.45) is 5.92 Å². The molecule has 46 heavy (non-hydrogen) atoms. The lowest BCUT2D eigenvalue weighted by Crippen LogP contribution is -2.34. The van der Waals surface area contributed by atoms with Crippen molar-refractivity contribution in [1.29, 1.82) is 0 Å². The predicted octanol–water partition coefficient (Wildman–Crippen LogP) is 14.7. The van der Waals surface area contributed by atoms with Crippen LogP contribution in [0.4, 0.5) is 0 Å². The van der Waals surface area contributed by atoms with Crippen LogP contribution in [0.1, 0.15) is 214 Å². The van der Waals surface area contributed by atoms with Crippen LogP contribution in [0.15, 0.2) is 48.6 Å². The fraction of sp³-hybridized carbons (Fsp3) is 0.795. The summed E-state index contributed by atoms with van der Waals surface area (Å²) in [6, 6.07) is 0.378. The zero-order chi connectivity index (χ0) is 33.6. The normalized spacial score (nSPS) is 12.4. The van der Waals surface area contributed by atoms with Crippen LogP contribution in [0.5, 0.6) is 0 Å². The Kier molecular flexibility index (Phi) is 36.6. The molecule has 0 bridgehead atoms. The van der Waals surface area contributed by atoms with Crippen LogP contribution in [-0.2, 0) is 4.79 Å². The Morgan fingerprint density at radius 3 is 1.22 bits per heavy atom. The monoisotopic (exact) mass is 640 g/mol. The van der Waals surface area contributed by atoms with Gasteiger partial charge in [-0.2, -0.15) is 0 Å². The second-order valence-electron chi connectivity index (χ2n) is 14.3. The predicted molar refractivity (Wildman–Crippen MR) is 209 cm³/mol. The number of hydrogen-bond donors (Lipinski definition) is 1. The van der Waals surface area contributed by atoms with Gasteiger partial charge in [-0.15, -0.1) is 0 Å².